The number of hydrogen-bond acceptors (Lipinski definition) is 4. The normalized spacial score (nSPS) is 21.6. The van der Waals surface area contributed by atoms with Crippen LogP contribution in [0.5, 0.6) is 0 Å². The molecule has 1 saturated heterocycles. The Kier molecular flexibility index (Phi) is 5.41. The first-order valence-electron chi connectivity index (χ1n) is 6.39. The van der Waals surface area contributed by atoms with Crippen molar-refractivity contribution in [3.63, 3.8) is 0 Å². The SMILES string of the molecule is CC1(C)CCN(CCNCCS(C)(=O)=O)CC1. The topological polar surface area (TPSA) is 49.4 Å². The van der Waals surface area contributed by atoms with Crippen LogP contribution in [-0.2, 0) is 9.84 Å². The van der Waals surface area contributed by atoms with E-state index >= 15 is 0 Å². The molecule has 1 aliphatic heterocycles. The summed E-state index contributed by atoms with van der Waals surface area (Å²) in [4.78, 5) is 2.46. The molecule has 102 valence electrons. The molecule has 4 nitrogen and oxygen atoms in total. The van der Waals surface area contributed by atoms with Gasteiger partial charge in [0.1, 0.15) is 9.84 Å². The maximum Gasteiger partial charge on any atom is 0.148 e. The zero-order valence-electron chi connectivity index (χ0n) is 11.3. The molecular formula is C12H26N2O2S. The van der Waals surface area contributed by atoms with Gasteiger partial charge in [-0.25, -0.2) is 8.42 Å². The van der Waals surface area contributed by atoms with Crippen LogP contribution in [0.3, 0.4) is 0 Å². The van der Waals surface area contributed by atoms with E-state index in [0.29, 0.717) is 12.0 Å². The van der Waals surface area contributed by atoms with Gasteiger partial charge in [0.25, 0.3) is 0 Å². The zero-order valence-corrected chi connectivity index (χ0v) is 12.1. The summed E-state index contributed by atoms with van der Waals surface area (Å²) in [6.07, 6.45) is 3.80. The van der Waals surface area contributed by atoms with Crippen LogP contribution >= 0.6 is 0 Å². The van der Waals surface area contributed by atoms with Crippen molar-refractivity contribution in [2.24, 2.45) is 5.41 Å². The first-order valence-corrected chi connectivity index (χ1v) is 8.45. The van der Waals surface area contributed by atoms with Crippen LogP contribution < -0.4 is 5.32 Å². The van der Waals surface area contributed by atoms with Crippen LogP contribution in [0.2, 0.25) is 0 Å². The summed E-state index contributed by atoms with van der Waals surface area (Å²) in [6.45, 7) is 9.47. The van der Waals surface area contributed by atoms with Gasteiger partial charge < -0.3 is 10.2 Å². The molecule has 0 atom stereocenters. The van der Waals surface area contributed by atoms with E-state index in [1.54, 1.807) is 0 Å². The van der Waals surface area contributed by atoms with Gasteiger partial charge in [0.15, 0.2) is 0 Å². The second-order valence-corrected chi connectivity index (χ2v) is 8.15. The minimum absolute atomic E-state index is 0.236. The number of hydrogen-bond donors (Lipinski definition) is 1. The van der Waals surface area contributed by atoms with Crippen LogP contribution in [0.4, 0.5) is 0 Å². The Morgan fingerprint density at radius 1 is 1.18 bits per heavy atom. The second kappa shape index (κ2) is 6.16. The number of sulfone groups is 1. The zero-order chi connectivity index (χ0) is 12.9. The molecule has 17 heavy (non-hydrogen) atoms. The molecule has 0 saturated carbocycles. The van der Waals surface area contributed by atoms with E-state index in [0.717, 1.165) is 13.1 Å². The van der Waals surface area contributed by atoms with E-state index in [-0.39, 0.29) is 5.75 Å². The van der Waals surface area contributed by atoms with Crippen molar-refractivity contribution in [3.05, 3.63) is 0 Å². The fourth-order valence-electron chi connectivity index (χ4n) is 2.00. The molecule has 0 aromatic carbocycles. The number of rotatable bonds is 6. The van der Waals surface area contributed by atoms with Gasteiger partial charge in [0.2, 0.25) is 0 Å². The van der Waals surface area contributed by atoms with Gasteiger partial charge in [0, 0.05) is 25.9 Å². The predicted molar refractivity (Wildman–Crippen MR) is 72.0 cm³/mol. The van der Waals surface area contributed by atoms with E-state index in [2.05, 4.69) is 24.1 Å². The summed E-state index contributed by atoms with van der Waals surface area (Å²) in [5.74, 6) is 0.236. The highest BCUT2D eigenvalue weighted by atomic mass is 32.2. The number of likely N-dealkylation sites (tertiary alicyclic amines) is 1. The quantitative estimate of drug-likeness (QED) is 0.718. The lowest BCUT2D eigenvalue weighted by molar-refractivity contribution is 0.133. The summed E-state index contributed by atoms with van der Waals surface area (Å²) >= 11 is 0. The number of nitrogens with one attached hydrogen (secondary N) is 1. The fraction of sp³-hybridized carbons (Fsp3) is 1.00. The average Bonchev–Trinajstić information content (AvgIpc) is 2.18. The third-order valence-corrected chi connectivity index (χ3v) is 4.41. The van der Waals surface area contributed by atoms with Crippen molar-refractivity contribution in [2.75, 3.05) is 44.7 Å². The molecule has 0 bridgehead atoms. The molecular weight excluding hydrogens is 236 g/mol. The van der Waals surface area contributed by atoms with Gasteiger partial charge in [-0.05, 0) is 31.3 Å². The van der Waals surface area contributed by atoms with Gasteiger partial charge in [-0.1, -0.05) is 13.8 Å². The Bertz CT molecular complexity index is 315. The van der Waals surface area contributed by atoms with Gasteiger partial charge in [-0.3, -0.25) is 0 Å². The molecule has 1 rings (SSSR count). The molecule has 0 radical (unpaired) electrons. The van der Waals surface area contributed by atoms with Crippen LogP contribution in [0, 0.1) is 5.41 Å². The number of nitrogens with zero attached hydrogens (tertiary/aromatic N) is 1. The van der Waals surface area contributed by atoms with Gasteiger partial charge in [-0.15, -0.1) is 0 Å². The molecule has 0 aromatic rings. The Morgan fingerprint density at radius 2 is 1.76 bits per heavy atom. The van der Waals surface area contributed by atoms with E-state index in [1.807, 2.05) is 0 Å². The standard InChI is InChI=1S/C12H26N2O2S/c1-12(2)4-8-14(9-5-12)10-6-13-7-11-17(3,15)16/h13H,4-11H2,1-3H3. The minimum atomic E-state index is -2.82. The first-order chi connectivity index (χ1) is 7.79. The molecule has 1 N–H and O–H groups in total. The second-order valence-electron chi connectivity index (χ2n) is 5.89. The summed E-state index contributed by atoms with van der Waals surface area (Å²) < 4.78 is 21.8. The Balaban J connectivity index is 2.05. The van der Waals surface area contributed by atoms with Crippen molar-refractivity contribution in [1.29, 1.82) is 0 Å². The highest BCUT2D eigenvalue weighted by Gasteiger charge is 2.24. The molecule has 1 fully saturated rings. The van der Waals surface area contributed by atoms with Crippen molar-refractivity contribution in [3.8, 4) is 0 Å². The van der Waals surface area contributed by atoms with Crippen molar-refractivity contribution in [2.45, 2.75) is 26.7 Å². The lowest BCUT2D eigenvalue weighted by atomic mass is 9.83. The smallest absolute Gasteiger partial charge is 0.148 e. The molecule has 0 spiro atoms. The molecule has 1 aliphatic rings. The average molecular weight is 262 g/mol. The fourth-order valence-corrected chi connectivity index (χ4v) is 2.52. The van der Waals surface area contributed by atoms with E-state index in [9.17, 15) is 8.42 Å². The summed E-state index contributed by atoms with van der Waals surface area (Å²) in [5.41, 5.74) is 0.500. The summed E-state index contributed by atoms with van der Waals surface area (Å²) in [5, 5.41) is 3.19. The third kappa shape index (κ3) is 7.01. The Labute approximate surface area is 106 Å². The molecule has 0 aliphatic carbocycles. The van der Waals surface area contributed by atoms with Gasteiger partial charge in [-0.2, -0.15) is 0 Å². The van der Waals surface area contributed by atoms with Crippen molar-refractivity contribution in [1.82, 2.24) is 10.2 Å². The monoisotopic (exact) mass is 262 g/mol. The summed E-state index contributed by atoms with van der Waals surface area (Å²) in [7, 11) is -2.82. The highest BCUT2D eigenvalue weighted by Crippen LogP contribution is 2.29. The van der Waals surface area contributed by atoms with E-state index in [1.165, 1.54) is 32.2 Å². The number of piperidine rings is 1. The largest absolute Gasteiger partial charge is 0.314 e. The Morgan fingerprint density at radius 3 is 2.29 bits per heavy atom. The van der Waals surface area contributed by atoms with Gasteiger partial charge >= 0.3 is 0 Å². The Hall–Kier alpha value is -0.130. The predicted octanol–water partition coefficient (Wildman–Crippen LogP) is 0.743. The van der Waals surface area contributed by atoms with E-state index < -0.39 is 9.84 Å². The molecule has 0 unspecified atom stereocenters. The van der Waals surface area contributed by atoms with Crippen molar-refractivity contribution >= 4 is 9.84 Å². The van der Waals surface area contributed by atoms with Crippen LogP contribution in [-0.4, -0.2) is 58.1 Å². The molecule has 5 heteroatoms. The minimum Gasteiger partial charge on any atom is -0.314 e. The lowest BCUT2D eigenvalue weighted by Crippen LogP contribution is -2.41. The van der Waals surface area contributed by atoms with Gasteiger partial charge in [0.05, 0.1) is 5.75 Å². The molecule has 0 amide bonds. The summed E-state index contributed by atoms with van der Waals surface area (Å²) in [6, 6.07) is 0. The molecule has 0 aromatic heterocycles. The lowest BCUT2D eigenvalue weighted by Gasteiger charge is -2.36. The maximum absolute atomic E-state index is 10.9. The van der Waals surface area contributed by atoms with Crippen LogP contribution in [0.25, 0.3) is 0 Å². The first kappa shape index (κ1) is 14.9. The third-order valence-electron chi connectivity index (χ3n) is 3.46. The van der Waals surface area contributed by atoms with Crippen LogP contribution in [0.15, 0.2) is 0 Å². The van der Waals surface area contributed by atoms with Crippen molar-refractivity contribution < 1.29 is 8.42 Å². The van der Waals surface area contributed by atoms with E-state index in [4.69, 9.17) is 0 Å². The molecule has 1 heterocycles. The van der Waals surface area contributed by atoms with Crippen LogP contribution in [0.1, 0.15) is 26.7 Å². The maximum atomic E-state index is 10.9. The highest BCUT2D eigenvalue weighted by molar-refractivity contribution is 7.90.